The zero-order chi connectivity index (χ0) is 15.9. The lowest BCUT2D eigenvalue weighted by atomic mass is 10.0. The number of Topliss-reactive ketones (excluding diaryl/α,β-unsaturated/α-hetero) is 1. The summed E-state index contributed by atoms with van der Waals surface area (Å²) >= 11 is 0. The largest absolute Gasteiger partial charge is 0.328 e. The molecule has 0 bridgehead atoms. The molecule has 2 saturated heterocycles. The second kappa shape index (κ2) is 5.36. The van der Waals surface area contributed by atoms with Crippen molar-refractivity contribution in [1.82, 2.24) is 9.80 Å². The van der Waals surface area contributed by atoms with Crippen molar-refractivity contribution in [3.8, 4) is 0 Å². The third-order valence-corrected chi connectivity index (χ3v) is 4.18. The van der Waals surface area contributed by atoms with Gasteiger partial charge in [0.05, 0.1) is 0 Å². The monoisotopic (exact) mass is 300 g/mol. The Kier molecular flexibility index (Phi) is 3.52. The number of fused-ring (bicyclic) bond motifs is 1. The molecule has 3 amide bonds. The molecule has 3 rings (SSSR count). The lowest BCUT2D eigenvalue weighted by Crippen LogP contribution is -2.66. The van der Waals surface area contributed by atoms with Gasteiger partial charge in [-0.25, -0.2) is 0 Å². The van der Waals surface area contributed by atoms with E-state index in [-0.39, 0.29) is 0 Å². The van der Waals surface area contributed by atoms with Gasteiger partial charge in [0.1, 0.15) is 6.04 Å². The Balaban J connectivity index is 2.02. The summed E-state index contributed by atoms with van der Waals surface area (Å²) in [4.78, 5) is 52.0. The molecular weight excluding hydrogens is 284 g/mol. The summed E-state index contributed by atoms with van der Waals surface area (Å²) in [7, 11) is 0. The molecule has 1 aromatic rings. The lowest BCUT2D eigenvalue weighted by Gasteiger charge is -2.39. The molecule has 0 aromatic heterocycles. The number of piperazine rings is 1. The van der Waals surface area contributed by atoms with Crippen LogP contribution in [0.2, 0.25) is 0 Å². The summed E-state index contributed by atoms with van der Waals surface area (Å²) < 4.78 is 0. The Hall–Kier alpha value is -2.50. The molecule has 1 aromatic carbocycles. The van der Waals surface area contributed by atoms with Crippen LogP contribution >= 0.6 is 0 Å². The summed E-state index contributed by atoms with van der Waals surface area (Å²) in [6.45, 7) is 1.70. The minimum absolute atomic E-state index is 0.293. The van der Waals surface area contributed by atoms with Gasteiger partial charge in [0.25, 0.3) is 17.7 Å². The van der Waals surface area contributed by atoms with E-state index in [1.54, 1.807) is 30.3 Å². The van der Waals surface area contributed by atoms with Gasteiger partial charge in [-0.1, -0.05) is 18.2 Å². The molecule has 0 N–H and O–H groups in total. The molecule has 2 aliphatic heterocycles. The van der Waals surface area contributed by atoms with E-state index in [1.807, 2.05) is 0 Å². The maximum absolute atomic E-state index is 12.6. The average Bonchev–Trinajstić information content (AvgIpc) is 3.00. The maximum atomic E-state index is 12.6. The molecule has 114 valence electrons. The predicted octanol–water partition coefficient (Wildman–Crippen LogP) is 0.618. The van der Waals surface area contributed by atoms with Crippen LogP contribution in [0.15, 0.2) is 30.3 Å². The van der Waals surface area contributed by atoms with Crippen molar-refractivity contribution < 1.29 is 19.2 Å². The fraction of sp³-hybridized carbons (Fsp3) is 0.375. The number of hydrogen-bond donors (Lipinski definition) is 0. The van der Waals surface area contributed by atoms with Crippen LogP contribution in [-0.2, 0) is 14.4 Å². The molecular formula is C16H16N2O4. The molecule has 2 unspecified atom stereocenters. The van der Waals surface area contributed by atoms with Gasteiger partial charge in [0.2, 0.25) is 0 Å². The first-order valence-corrected chi connectivity index (χ1v) is 7.25. The SMILES string of the molecule is CC(=O)C1C(=O)N2CCCC2C(=O)N1C(=O)c1ccccc1. The second-order valence-electron chi connectivity index (χ2n) is 5.58. The van der Waals surface area contributed by atoms with Gasteiger partial charge in [-0.2, -0.15) is 0 Å². The quantitative estimate of drug-likeness (QED) is 0.592. The first kappa shape index (κ1) is 14.4. The topological polar surface area (TPSA) is 74.8 Å². The zero-order valence-corrected chi connectivity index (χ0v) is 12.2. The molecule has 2 heterocycles. The zero-order valence-electron chi connectivity index (χ0n) is 12.2. The Morgan fingerprint density at radius 2 is 1.77 bits per heavy atom. The van der Waals surface area contributed by atoms with Crippen molar-refractivity contribution >= 4 is 23.5 Å². The fourth-order valence-electron chi connectivity index (χ4n) is 3.14. The van der Waals surface area contributed by atoms with Crippen LogP contribution in [0.3, 0.4) is 0 Å². The van der Waals surface area contributed by atoms with E-state index in [0.717, 1.165) is 4.90 Å². The molecule has 6 nitrogen and oxygen atoms in total. The standard InChI is InChI=1S/C16H16N2O4/c1-10(19)13-16(22)17-9-5-8-12(17)15(21)18(13)14(20)11-6-3-2-4-7-11/h2-4,6-7,12-13H,5,8-9H2,1H3. The Labute approximate surface area is 127 Å². The van der Waals surface area contributed by atoms with Crippen LogP contribution in [0.25, 0.3) is 0 Å². The number of imide groups is 1. The van der Waals surface area contributed by atoms with Crippen LogP contribution in [-0.4, -0.2) is 51.9 Å². The normalized spacial score (nSPS) is 24.4. The van der Waals surface area contributed by atoms with Crippen LogP contribution in [0, 0.1) is 0 Å². The molecule has 2 fully saturated rings. The highest BCUT2D eigenvalue weighted by atomic mass is 16.2. The van der Waals surface area contributed by atoms with E-state index < -0.39 is 35.6 Å². The average molecular weight is 300 g/mol. The number of nitrogens with zero attached hydrogens (tertiary/aromatic N) is 2. The van der Waals surface area contributed by atoms with E-state index >= 15 is 0 Å². The van der Waals surface area contributed by atoms with Crippen LogP contribution in [0.4, 0.5) is 0 Å². The molecule has 0 spiro atoms. The molecule has 0 radical (unpaired) electrons. The van der Waals surface area contributed by atoms with Crippen molar-refractivity contribution in [2.24, 2.45) is 0 Å². The van der Waals surface area contributed by atoms with Crippen molar-refractivity contribution in [2.45, 2.75) is 31.8 Å². The summed E-state index contributed by atoms with van der Waals surface area (Å²) in [5, 5.41) is 0. The maximum Gasteiger partial charge on any atom is 0.261 e. The van der Waals surface area contributed by atoms with Crippen molar-refractivity contribution in [3.63, 3.8) is 0 Å². The first-order valence-electron chi connectivity index (χ1n) is 7.25. The Morgan fingerprint density at radius 1 is 1.09 bits per heavy atom. The third kappa shape index (κ3) is 2.11. The van der Waals surface area contributed by atoms with E-state index in [0.29, 0.717) is 24.9 Å². The number of ketones is 1. The summed E-state index contributed by atoms with van der Waals surface area (Å²) in [6, 6.07) is 6.28. The smallest absolute Gasteiger partial charge is 0.261 e. The van der Waals surface area contributed by atoms with Gasteiger partial charge in [-0.3, -0.25) is 24.1 Å². The van der Waals surface area contributed by atoms with Crippen molar-refractivity contribution in [2.75, 3.05) is 6.54 Å². The van der Waals surface area contributed by atoms with E-state index in [2.05, 4.69) is 0 Å². The molecule has 0 saturated carbocycles. The summed E-state index contributed by atoms with van der Waals surface area (Å²) in [5.74, 6) is -1.98. The molecule has 2 atom stereocenters. The van der Waals surface area contributed by atoms with Gasteiger partial charge >= 0.3 is 0 Å². The molecule has 6 heteroatoms. The minimum atomic E-state index is -1.34. The van der Waals surface area contributed by atoms with E-state index in [4.69, 9.17) is 0 Å². The van der Waals surface area contributed by atoms with Crippen LogP contribution in [0.5, 0.6) is 0 Å². The Bertz CT molecular complexity index is 655. The number of hydrogen-bond acceptors (Lipinski definition) is 4. The Morgan fingerprint density at radius 3 is 2.41 bits per heavy atom. The predicted molar refractivity (Wildman–Crippen MR) is 76.8 cm³/mol. The van der Waals surface area contributed by atoms with Crippen LogP contribution < -0.4 is 0 Å². The van der Waals surface area contributed by atoms with Crippen molar-refractivity contribution in [3.05, 3.63) is 35.9 Å². The van der Waals surface area contributed by atoms with Gasteiger partial charge < -0.3 is 4.90 Å². The molecule has 0 aliphatic carbocycles. The van der Waals surface area contributed by atoms with Crippen molar-refractivity contribution in [1.29, 1.82) is 0 Å². The highest BCUT2D eigenvalue weighted by molar-refractivity contribution is 6.18. The number of carbonyl (C=O) groups is 4. The third-order valence-electron chi connectivity index (χ3n) is 4.18. The summed E-state index contributed by atoms with van der Waals surface area (Å²) in [6.07, 6.45) is 1.24. The number of amides is 3. The molecule has 2 aliphatic rings. The summed E-state index contributed by atoms with van der Waals surface area (Å²) in [5.41, 5.74) is 0.293. The van der Waals surface area contributed by atoms with Gasteiger partial charge in [0, 0.05) is 12.1 Å². The van der Waals surface area contributed by atoms with Gasteiger partial charge in [-0.05, 0) is 31.9 Å². The highest BCUT2D eigenvalue weighted by Gasteiger charge is 2.51. The van der Waals surface area contributed by atoms with E-state index in [1.165, 1.54) is 11.8 Å². The second-order valence-corrected chi connectivity index (χ2v) is 5.58. The highest BCUT2D eigenvalue weighted by Crippen LogP contribution is 2.28. The number of rotatable bonds is 2. The lowest BCUT2D eigenvalue weighted by molar-refractivity contribution is -0.159. The molecule has 22 heavy (non-hydrogen) atoms. The number of benzene rings is 1. The van der Waals surface area contributed by atoms with Crippen LogP contribution in [0.1, 0.15) is 30.1 Å². The first-order chi connectivity index (χ1) is 10.5. The van der Waals surface area contributed by atoms with Gasteiger partial charge in [0.15, 0.2) is 11.8 Å². The van der Waals surface area contributed by atoms with E-state index in [9.17, 15) is 19.2 Å². The minimum Gasteiger partial charge on any atom is -0.328 e. The fourth-order valence-corrected chi connectivity index (χ4v) is 3.14. The van der Waals surface area contributed by atoms with Gasteiger partial charge in [-0.15, -0.1) is 0 Å². The number of carbonyl (C=O) groups excluding carboxylic acids is 4.